The standard InChI is InChI=1S/C12H10O3S/c1-8-2-4-9(5-3-8)16-12-10(11(13)14)6-7-15-12/h2-7H,1H3,(H,13,14). The van der Waals surface area contributed by atoms with Crippen LogP contribution in [-0.4, -0.2) is 11.1 Å². The molecular weight excluding hydrogens is 224 g/mol. The summed E-state index contributed by atoms with van der Waals surface area (Å²) in [6, 6.07) is 9.29. The van der Waals surface area contributed by atoms with Crippen molar-refractivity contribution < 1.29 is 14.3 Å². The second kappa shape index (κ2) is 4.45. The number of aryl methyl sites for hydroxylation is 1. The van der Waals surface area contributed by atoms with E-state index in [9.17, 15) is 4.79 Å². The fraction of sp³-hybridized carbons (Fsp3) is 0.0833. The zero-order chi connectivity index (χ0) is 11.5. The molecule has 0 radical (unpaired) electrons. The summed E-state index contributed by atoms with van der Waals surface area (Å²) in [5, 5.41) is 9.32. The molecule has 0 saturated carbocycles. The molecule has 0 aliphatic carbocycles. The smallest absolute Gasteiger partial charge is 0.340 e. The Balaban J connectivity index is 2.23. The first-order valence-electron chi connectivity index (χ1n) is 4.72. The van der Waals surface area contributed by atoms with Gasteiger partial charge in [0.25, 0.3) is 0 Å². The minimum atomic E-state index is -0.969. The number of hydrogen-bond acceptors (Lipinski definition) is 3. The number of carbonyl (C=O) groups is 1. The number of rotatable bonds is 3. The number of carboxylic acid groups (broad SMARTS) is 1. The van der Waals surface area contributed by atoms with Crippen LogP contribution >= 0.6 is 11.8 Å². The van der Waals surface area contributed by atoms with Gasteiger partial charge in [-0.3, -0.25) is 0 Å². The number of aromatic carboxylic acids is 1. The lowest BCUT2D eigenvalue weighted by Gasteiger charge is -2.00. The van der Waals surface area contributed by atoms with Crippen LogP contribution in [0.2, 0.25) is 0 Å². The molecule has 3 nitrogen and oxygen atoms in total. The lowest BCUT2D eigenvalue weighted by Crippen LogP contribution is -1.94. The first kappa shape index (κ1) is 10.8. The normalized spacial score (nSPS) is 10.3. The molecule has 0 aliphatic rings. The Hall–Kier alpha value is -1.68. The van der Waals surface area contributed by atoms with Gasteiger partial charge in [0.05, 0.1) is 6.26 Å². The third-order valence-corrected chi connectivity index (χ3v) is 3.10. The summed E-state index contributed by atoms with van der Waals surface area (Å²) in [5.74, 6) is -0.969. The van der Waals surface area contributed by atoms with Crippen LogP contribution in [-0.2, 0) is 0 Å². The molecular formula is C12H10O3S. The highest BCUT2D eigenvalue weighted by Crippen LogP contribution is 2.31. The first-order valence-corrected chi connectivity index (χ1v) is 5.54. The van der Waals surface area contributed by atoms with E-state index >= 15 is 0 Å². The molecule has 0 saturated heterocycles. The summed E-state index contributed by atoms with van der Waals surface area (Å²) in [5.41, 5.74) is 1.37. The molecule has 1 N–H and O–H groups in total. The maximum absolute atomic E-state index is 10.9. The van der Waals surface area contributed by atoms with E-state index < -0.39 is 5.97 Å². The van der Waals surface area contributed by atoms with E-state index in [1.54, 1.807) is 0 Å². The van der Waals surface area contributed by atoms with Gasteiger partial charge in [0, 0.05) is 4.90 Å². The largest absolute Gasteiger partial charge is 0.478 e. The lowest BCUT2D eigenvalue weighted by molar-refractivity contribution is 0.0690. The quantitative estimate of drug-likeness (QED) is 0.883. The Kier molecular flexibility index (Phi) is 3.01. The fourth-order valence-corrected chi connectivity index (χ4v) is 2.10. The molecule has 0 spiro atoms. The van der Waals surface area contributed by atoms with Gasteiger partial charge in [-0.25, -0.2) is 4.79 Å². The summed E-state index contributed by atoms with van der Waals surface area (Å²) in [6.07, 6.45) is 1.39. The molecule has 0 unspecified atom stereocenters. The van der Waals surface area contributed by atoms with Gasteiger partial charge < -0.3 is 9.52 Å². The van der Waals surface area contributed by atoms with Crippen molar-refractivity contribution in [2.24, 2.45) is 0 Å². The van der Waals surface area contributed by atoms with Gasteiger partial charge >= 0.3 is 5.97 Å². The van der Waals surface area contributed by atoms with Crippen molar-refractivity contribution in [1.82, 2.24) is 0 Å². The lowest BCUT2D eigenvalue weighted by atomic mass is 10.2. The highest BCUT2D eigenvalue weighted by atomic mass is 32.2. The average molecular weight is 234 g/mol. The van der Waals surface area contributed by atoms with E-state index in [0.717, 1.165) is 4.90 Å². The van der Waals surface area contributed by atoms with E-state index in [1.165, 1.54) is 29.7 Å². The Morgan fingerprint density at radius 2 is 1.94 bits per heavy atom. The molecule has 1 heterocycles. The molecule has 0 fully saturated rings. The summed E-state index contributed by atoms with van der Waals surface area (Å²) in [7, 11) is 0. The Labute approximate surface area is 97.1 Å². The van der Waals surface area contributed by atoms with Gasteiger partial charge in [0.1, 0.15) is 5.56 Å². The third-order valence-electron chi connectivity index (χ3n) is 2.09. The van der Waals surface area contributed by atoms with Gasteiger partial charge in [-0.2, -0.15) is 0 Å². The van der Waals surface area contributed by atoms with E-state index in [4.69, 9.17) is 9.52 Å². The second-order valence-electron chi connectivity index (χ2n) is 3.34. The molecule has 2 aromatic rings. The molecule has 2 rings (SSSR count). The number of benzene rings is 1. The average Bonchev–Trinajstić information content (AvgIpc) is 2.69. The zero-order valence-electron chi connectivity index (χ0n) is 8.64. The highest BCUT2D eigenvalue weighted by molar-refractivity contribution is 7.99. The molecule has 1 aromatic heterocycles. The fourth-order valence-electron chi connectivity index (χ4n) is 1.25. The van der Waals surface area contributed by atoms with Crippen molar-refractivity contribution in [2.75, 3.05) is 0 Å². The monoisotopic (exact) mass is 234 g/mol. The van der Waals surface area contributed by atoms with Crippen LogP contribution in [0.1, 0.15) is 15.9 Å². The minimum Gasteiger partial charge on any atom is -0.478 e. The first-order chi connectivity index (χ1) is 7.66. The molecule has 0 aliphatic heterocycles. The van der Waals surface area contributed by atoms with Crippen LogP contribution < -0.4 is 0 Å². The maximum atomic E-state index is 10.9. The van der Waals surface area contributed by atoms with Crippen molar-refractivity contribution in [3.05, 3.63) is 47.7 Å². The number of hydrogen-bond donors (Lipinski definition) is 1. The summed E-state index contributed by atoms with van der Waals surface area (Å²) >= 11 is 1.31. The summed E-state index contributed by atoms with van der Waals surface area (Å²) in [6.45, 7) is 2.00. The topological polar surface area (TPSA) is 50.4 Å². The van der Waals surface area contributed by atoms with Crippen LogP contribution in [0, 0.1) is 6.92 Å². The van der Waals surface area contributed by atoms with Gasteiger partial charge in [0.2, 0.25) is 0 Å². The predicted molar refractivity (Wildman–Crippen MR) is 61.0 cm³/mol. The van der Waals surface area contributed by atoms with Gasteiger partial charge in [-0.1, -0.05) is 29.5 Å². The molecule has 0 atom stereocenters. The molecule has 16 heavy (non-hydrogen) atoms. The van der Waals surface area contributed by atoms with Gasteiger partial charge in [-0.05, 0) is 25.1 Å². The molecule has 1 aromatic carbocycles. The van der Waals surface area contributed by atoms with Gasteiger partial charge in [0.15, 0.2) is 5.09 Å². The van der Waals surface area contributed by atoms with Crippen molar-refractivity contribution >= 4 is 17.7 Å². The molecule has 0 amide bonds. The van der Waals surface area contributed by atoms with Crippen LogP contribution in [0.25, 0.3) is 0 Å². The molecule has 4 heteroatoms. The van der Waals surface area contributed by atoms with E-state index in [2.05, 4.69) is 0 Å². The van der Waals surface area contributed by atoms with Crippen molar-refractivity contribution in [2.45, 2.75) is 16.9 Å². The second-order valence-corrected chi connectivity index (χ2v) is 4.39. The maximum Gasteiger partial charge on any atom is 0.340 e. The molecule has 82 valence electrons. The minimum absolute atomic E-state index is 0.200. The van der Waals surface area contributed by atoms with Crippen molar-refractivity contribution in [3.63, 3.8) is 0 Å². The van der Waals surface area contributed by atoms with E-state index in [1.807, 2.05) is 31.2 Å². The Bertz CT molecular complexity index is 499. The van der Waals surface area contributed by atoms with Crippen molar-refractivity contribution in [3.8, 4) is 0 Å². The van der Waals surface area contributed by atoms with Crippen LogP contribution in [0.3, 0.4) is 0 Å². The van der Waals surface area contributed by atoms with Crippen LogP contribution in [0.4, 0.5) is 0 Å². The van der Waals surface area contributed by atoms with Crippen molar-refractivity contribution in [1.29, 1.82) is 0 Å². The number of furan rings is 1. The highest BCUT2D eigenvalue weighted by Gasteiger charge is 2.14. The van der Waals surface area contributed by atoms with Crippen LogP contribution in [0.5, 0.6) is 0 Å². The Morgan fingerprint density at radius 1 is 1.25 bits per heavy atom. The van der Waals surface area contributed by atoms with Crippen LogP contribution in [0.15, 0.2) is 51.0 Å². The van der Waals surface area contributed by atoms with E-state index in [0.29, 0.717) is 5.09 Å². The summed E-state index contributed by atoms with van der Waals surface area (Å²) < 4.78 is 5.14. The third kappa shape index (κ3) is 2.28. The molecule has 0 bridgehead atoms. The predicted octanol–water partition coefficient (Wildman–Crippen LogP) is 3.44. The zero-order valence-corrected chi connectivity index (χ0v) is 9.45. The number of carboxylic acids is 1. The SMILES string of the molecule is Cc1ccc(Sc2occc2C(=O)O)cc1. The van der Waals surface area contributed by atoms with E-state index in [-0.39, 0.29) is 5.56 Å². The van der Waals surface area contributed by atoms with Gasteiger partial charge in [-0.15, -0.1) is 0 Å². The summed E-state index contributed by atoms with van der Waals surface area (Å²) in [4.78, 5) is 11.8. The Morgan fingerprint density at radius 3 is 2.56 bits per heavy atom.